The molecule has 0 rings (SSSR count). The number of carbonyl (C=O) groups excluding carboxylic acids is 2. The first-order chi connectivity index (χ1) is 29.0. The van der Waals surface area contributed by atoms with Crippen molar-refractivity contribution in [2.24, 2.45) is 0 Å². The van der Waals surface area contributed by atoms with E-state index in [1.165, 1.54) is 135 Å². The zero-order valence-electron chi connectivity index (χ0n) is 39.4. The second kappa shape index (κ2) is 47.1. The molecule has 0 fully saturated rings. The van der Waals surface area contributed by atoms with Crippen LogP contribution < -0.4 is 5.32 Å². The van der Waals surface area contributed by atoms with Crippen LogP contribution >= 0.6 is 0 Å². The third kappa shape index (κ3) is 42.6. The number of rotatable bonds is 46. The summed E-state index contributed by atoms with van der Waals surface area (Å²) < 4.78 is 5.91. The van der Waals surface area contributed by atoms with Crippen LogP contribution in [0.2, 0.25) is 0 Å². The monoisotopic (exact) mass is 830 g/mol. The van der Waals surface area contributed by atoms with Gasteiger partial charge in [0.2, 0.25) is 5.91 Å². The molecule has 0 aliphatic carbocycles. The summed E-state index contributed by atoms with van der Waals surface area (Å²) in [6.07, 6.45) is 54.9. The molecule has 0 radical (unpaired) electrons. The van der Waals surface area contributed by atoms with Crippen LogP contribution in [-0.4, -0.2) is 46.9 Å². The maximum atomic E-state index is 13.2. The van der Waals surface area contributed by atoms with Crippen molar-refractivity contribution in [3.8, 4) is 0 Å². The molecule has 0 aromatic heterocycles. The predicted molar refractivity (Wildman–Crippen MR) is 255 cm³/mol. The summed E-state index contributed by atoms with van der Waals surface area (Å²) in [5.41, 5.74) is 0. The molecule has 0 saturated carbocycles. The zero-order valence-corrected chi connectivity index (χ0v) is 39.4. The van der Waals surface area contributed by atoms with Gasteiger partial charge in [-0.1, -0.05) is 211 Å². The molecule has 3 N–H and O–H groups in total. The van der Waals surface area contributed by atoms with Crippen LogP contribution in [0.25, 0.3) is 0 Å². The highest BCUT2D eigenvalue weighted by Gasteiger charge is 2.24. The van der Waals surface area contributed by atoms with Crippen LogP contribution in [0.5, 0.6) is 0 Å². The molecular weight excluding hydrogens is 731 g/mol. The number of allylic oxidation sites excluding steroid dienone is 6. The number of ether oxygens (including phenoxy) is 1. The Labute approximate surface area is 366 Å². The third-order valence-electron chi connectivity index (χ3n) is 11.7. The van der Waals surface area contributed by atoms with Crippen molar-refractivity contribution in [2.45, 2.75) is 283 Å². The van der Waals surface area contributed by atoms with Gasteiger partial charge < -0.3 is 20.3 Å². The van der Waals surface area contributed by atoms with Gasteiger partial charge in [-0.15, -0.1) is 0 Å². The Morgan fingerprint density at radius 3 is 1.39 bits per heavy atom. The molecule has 0 heterocycles. The topological polar surface area (TPSA) is 95.9 Å². The smallest absolute Gasteiger partial charge is 0.306 e. The first-order valence-electron chi connectivity index (χ1n) is 25.7. The lowest BCUT2D eigenvalue weighted by Crippen LogP contribution is -2.46. The van der Waals surface area contributed by atoms with E-state index in [0.29, 0.717) is 19.3 Å². The molecule has 0 aliphatic heterocycles. The van der Waals surface area contributed by atoms with Crippen LogP contribution in [-0.2, 0) is 14.3 Å². The lowest BCUT2D eigenvalue weighted by molar-refractivity contribution is -0.151. The Hall–Kier alpha value is -1.92. The van der Waals surface area contributed by atoms with E-state index in [4.69, 9.17) is 4.74 Å². The van der Waals surface area contributed by atoms with Crippen LogP contribution in [0.1, 0.15) is 265 Å². The number of hydrogen-bond acceptors (Lipinski definition) is 5. The fourth-order valence-electron chi connectivity index (χ4n) is 7.82. The lowest BCUT2D eigenvalue weighted by Gasteiger charge is -2.24. The maximum absolute atomic E-state index is 13.2. The predicted octanol–water partition coefficient (Wildman–Crippen LogP) is 15.3. The largest absolute Gasteiger partial charge is 0.462 e. The number of nitrogens with one attached hydrogen (secondary N) is 1. The normalized spacial score (nSPS) is 13.5. The summed E-state index contributed by atoms with van der Waals surface area (Å²) in [6.45, 7) is 6.38. The summed E-state index contributed by atoms with van der Waals surface area (Å²) in [6, 6.07) is -0.706. The fourth-order valence-corrected chi connectivity index (χ4v) is 7.82. The number of carbonyl (C=O) groups is 2. The highest BCUT2D eigenvalue weighted by molar-refractivity contribution is 5.77. The first kappa shape index (κ1) is 57.1. The SMILES string of the molecule is CC/C=C/C/C=C/CCCCCCCC(CC(=O)NC(CO)C(O)CCCCCCCCCCCCCCCC)OC(=O)CCCCC/C=C\CCCCCCCCC. The minimum atomic E-state index is -0.792. The van der Waals surface area contributed by atoms with Crippen molar-refractivity contribution in [1.29, 1.82) is 0 Å². The van der Waals surface area contributed by atoms with Gasteiger partial charge in [0.25, 0.3) is 0 Å². The number of aliphatic hydroxyl groups excluding tert-OH is 2. The fraction of sp³-hybridized carbons (Fsp3) is 0.849. The van der Waals surface area contributed by atoms with Crippen LogP contribution in [0.3, 0.4) is 0 Å². The number of esters is 1. The van der Waals surface area contributed by atoms with Gasteiger partial charge in [0.1, 0.15) is 6.10 Å². The minimum absolute atomic E-state index is 0.0641. The highest BCUT2D eigenvalue weighted by Crippen LogP contribution is 2.18. The average Bonchev–Trinajstić information content (AvgIpc) is 3.23. The highest BCUT2D eigenvalue weighted by atomic mass is 16.5. The number of hydrogen-bond donors (Lipinski definition) is 3. The van der Waals surface area contributed by atoms with E-state index in [0.717, 1.165) is 83.5 Å². The summed E-state index contributed by atoms with van der Waals surface area (Å²) in [4.78, 5) is 26.1. The van der Waals surface area contributed by atoms with Gasteiger partial charge in [-0.25, -0.2) is 0 Å². The van der Waals surface area contributed by atoms with Gasteiger partial charge >= 0.3 is 5.97 Å². The Bertz CT molecular complexity index is 977. The van der Waals surface area contributed by atoms with Crippen LogP contribution in [0.4, 0.5) is 0 Å². The van der Waals surface area contributed by atoms with E-state index in [-0.39, 0.29) is 24.9 Å². The number of amides is 1. The molecule has 1 amide bonds. The summed E-state index contributed by atoms with van der Waals surface area (Å²) in [7, 11) is 0. The van der Waals surface area contributed by atoms with Crippen molar-refractivity contribution in [3.05, 3.63) is 36.5 Å². The molecule has 0 aromatic carbocycles. The van der Waals surface area contributed by atoms with Gasteiger partial charge in [-0.3, -0.25) is 9.59 Å². The molecule has 0 saturated heterocycles. The molecule has 0 spiro atoms. The molecule has 6 heteroatoms. The molecule has 0 aromatic rings. The second-order valence-electron chi connectivity index (χ2n) is 17.5. The maximum Gasteiger partial charge on any atom is 0.306 e. The van der Waals surface area contributed by atoms with E-state index in [2.05, 4.69) is 62.5 Å². The molecule has 6 nitrogen and oxygen atoms in total. The van der Waals surface area contributed by atoms with E-state index < -0.39 is 18.2 Å². The minimum Gasteiger partial charge on any atom is -0.462 e. The van der Waals surface area contributed by atoms with Crippen molar-refractivity contribution >= 4 is 11.9 Å². The van der Waals surface area contributed by atoms with E-state index >= 15 is 0 Å². The van der Waals surface area contributed by atoms with Crippen LogP contribution in [0, 0.1) is 0 Å². The van der Waals surface area contributed by atoms with Gasteiger partial charge in [-0.05, 0) is 77.0 Å². The van der Waals surface area contributed by atoms with Crippen molar-refractivity contribution < 1.29 is 24.5 Å². The third-order valence-corrected chi connectivity index (χ3v) is 11.7. The summed E-state index contributed by atoms with van der Waals surface area (Å²) in [5, 5.41) is 23.8. The van der Waals surface area contributed by atoms with Crippen molar-refractivity contribution in [1.82, 2.24) is 5.32 Å². The lowest BCUT2D eigenvalue weighted by atomic mass is 10.0. The standard InChI is InChI=1S/C53H99NO5/c1-4-7-10-13-16-19-22-25-27-30-33-36-39-42-45-51(56)50(48-55)54-52(57)47-49(44-41-38-35-32-29-24-21-18-15-12-9-6-3)59-53(58)46-43-40-37-34-31-28-26-23-20-17-14-11-8-5-2/h9,12,18,21,28,31,49-51,55-56H,4-8,10-11,13-17,19-20,22-27,29-30,32-48H2,1-3H3,(H,54,57)/b12-9+,21-18+,31-28-. The second-order valence-corrected chi connectivity index (χ2v) is 17.5. The molecular formula is C53H99NO5. The van der Waals surface area contributed by atoms with Gasteiger partial charge in [0.15, 0.2) is 0 Å². The quantitative estimate of drug-likeness (QED) is 0.0323. The number of unbranched alkanes of at least 4 members (excludes halogenated alkanes) is 28. The van der Waals surface area contributed by atoms with E-state index in [1.54, 1.807) is 0 Å². The number of aliphatic hydroxyl groups is 2. The Morgan fingerprint density at radius 2 is 0.915 bits per heavy atom. The summed E-state index contributed by atoms with van der Waals surface area (Å²) in [5.74, 6) is -0.500. The molecule has 3 unspecified atom stereocenters. The molecule has 0 bridgehead atoms. The van der Waals surface area contributed by atoms with Crippen molar-refractivity contribution in [3.63, 3.8) is 0 Å². The van der Waals surface area contributed by atoms with Gasteiger partial charge in [0, 0.05) is 6.42 Å². The molecule has 3 atom stereocenters. The van der Waals surface area contributed by atoms with Crippen LogP contribution in [0.15, 0.2) is 36.5 Å². The molecule has 59 heavy (non-hydrogen) atoms. The zero-order chi connectivity index (χ0) is 43.1. The van der Waals surface area contributed by atoms with Gasteiger partial charge in [-0.2, -0.15) is 0 Å². The first-order valence-corrected chi connectivity index (χ1v) is 25.7. The molecule has 0 aliphatic rings. The Balaban J connectivity index is 4.56. The molecule has 346 valence electrons. The Morgan fingerprint density at radius 1 is 0.508 bits per heavy atom. The van der Waals surface area contributed by atoms with E-state index in [9.17, 15) is 19.8 Å². The summed E-state index contributed by atoms with van der Waals surface area (Å²) >= 11 is 0. The Kier molecular flexibility index (Phi) is 45.6. The average molecular weight is 830 g/mol. The van der Waals surface area contributed by atoms with Gasteiger partial charge in [0.05, 0.1) is 25.2 Å². The van der Waals surface area contributed by atoms with E-state index in [1.807, 2.05) is 0 Å². The van der Waals surface area contributed by atoms with Crippen molar-refractivity contribution in [2.75, 3.05) is 6.61 Å².